The summed E-state index contributed by atoms with van der Waals surface area (Å²) in [5, 5.41) is 5.93. The van der Waals surface area contributed by atoms with Gasteiger partial charge in [0, 0.05) is 11.9 Å². The standard InChI is InChI=1S/C22H25N3O3/c1-4-28-21(26)14-24(13-18-11-9-16(2)10-12-18)15-25-22(27)20-8-6-5-7-19(20)17(3)23-25/h5-12H,4,13-15H2,1-3H3. The van der Waals surface area contributed by atoms with Gasteiger partial charge in [0.1, 0.15) is 0 Å². The monoisotopic (exact) mass is 379 g/mol. The quantitative estimate of drug-likeness (QED) is 0.591. The number of hydrogen-bond donors (Lipinski definition) is 0. The first-order chi connectivity index (χ1) is 13.5. The molecular formula is C22H25N3O3. The molecule has 0 unspecified atom stereocenters. The minimum atomic E-state index is -0.319. The highest BCUT2D eigenvalue weighted by Gasteiger charge is 2.16. The third-order valence-electron chi connectivity index (χ3n) is 4.57. The fourth-order valence-corrected chi connectivity index (χ4v) is 3.19. The van der Waals surface area contributed by atoms with Gasteiger partial charge in [-0.3, -0.25) is 14.5 Å². The molecular weight excluding hydrogens is 354 g/mol. The van der Waals surface area contributed by atoms with Crippen molar-refractivity contribution in [2.75, 3.05) is 13.2 Å². The van der Waals surface area contributed by atoms with Crippen LogP contribution in [0.2, 0.25) is 0 Å². The SMILES string of the molecule is CCOC(=O)CN(Cc1ccc(C)cc1)Cn1nc(C)c2ccccc2c1=O. The lowest BCUT2D eigenvalue weighted by molar-refractivity contribution is -0.145. The number of aromatic nitrogens is 2. The molecule has 0 bridgehead atoms. The average Bonchev–Trinajstić information content (AvgIpc) is 2.68. The third-order valence-corrected chi connectivity index (χ3v) is 4.57. The van der Waals surface area contributed by atoms with Crippen LogP contribution in [0.15, 0.2) is 53.3 Å². The Morgan fingerprint density at radius 2 is 1.75 bits per heavy atom. The lowest BCUT2D eigenvalue weighted by Gasteiger charge is -2.22. The van der Waals surface area contributed by atoms with Crippen molar-refractivity contribution in [3.63, 3.8) is 0 Å². The third kappa shape index (κ3) is 4.64. The lowest BCUT2D eigenvalue weighted by atomic mass is 10.1. The van der Waals surface area contributed by atoms with Crippen LogP contribution in [0.1, 0.15) is 23.7 Å². The summed E-state index contributed by atoms with van der Waals surface area (Å²) >= 11 is 0. The Labute approximate surface area is 164 Å². The van der Waals surface area contributed by atoms with E-state index in [0.29, 0.717) is 18.5 Å². The minimum absolute atomic E-state index is 0.0850. The highest BCUT2D eigenvalue weighted by Crippen LogP contribution is 2.13. The van der Waals surface area contributed by atoms with Gasteiger partial charge in [-0.1, -0.05) is 48.0 Å². The van der Waals surface area contributed by atoms with E-state index in [1.165, 1.54) is 10.2 Å². The maximum absolute atomic E-state index is 12.9. The predicted molar refractivity (Wildman–Crippen MR) is 109 cm³/mol. The number of esters is 1. The summed E-state index contributed by atoms with van der Waals surface area (Å²) in [5.41, 5.74) is 2.84. The van der Waals surface area contributed by atoms with E-state index in [1.807, 2.05) is 61.2 Å². The van der Waals surface area contributed by atoms with Crippen LogP contribution in [-0.4, -0.2) is 33.8 Å². The number of hydrogen-bond acceptors (Lipinski definition) is 5. The maximum atomic E-state index is 12.9. The molecule has 1 heterocycles. The summed E-state index contributed by atoms with van der Waals surface area (Å²) in [5.74, 6) is -0.319. The molecule has 0 aliphatic carbocycles. The van der Waals surface area contributed by atoms with Crippen molar-refractivity contribution in [1.82, 2.24) is 14.7 Å². The summed E-state index contributed by atoms with van der Waals surface area (Å²) < 4.78 is 6.52. The van der Waals surface area contributed by atoms with Gasteiger partial charge in [-0.05, 0) is 32.4 Å². The van der Waals surface area contributed by atoms with Crippen LogP contribution >= 0.6 is 0 Å². The smallest absolute Gasteiger partial charge is 0.320 e. The zero-order valence-corrected chi connectivity index (χ0v) is 16.5. The van der Waals surface area contributed by atoms with Crippen molar-refractivity contribution in [3.8, 4) is 0 Å². The van der Waals surface area contributed by atoms with Crippen molar-refractivity contribution >= 4 is 16.7 Å². The van der Waals surface area contributed by atoms with Crippen LogP contribution in [-0.2, 0) is 22.7 Å². The first-order valence-corrected chi connectivity index (χ1v) is 9.38. The van der Waals surface area contributed by atoms with Crippen LogP contribution in [0.5, 0.6) is 0 Å². The van der Waals surface area contributed by atoms with E-state index >= 15 is 0 Å². The van der Waals surface area contributed by atoms with E-state index in [0.717, 1.165) is 16.6 Å². The molecule has 2 aromatic carbocycles. The Hall–Kier alpha value is -2.99. The largest absolute Gasteiger partial charge is 0.465 e. The van der Waals surface area contributed by atoms with Gasteiger partial charge in [0.05, 0.1) is 30.9 Å². The van der Waals surface area contributed by atoms with Crippen LogP contribution in [0.3, 0.4) is 0 Å². The molecule has 0 spiro atoms. The molecule has 6 heteroatoms. The molecule has 0 atom stereocenters. The number of ether oxygens (including phenoxy) is 1. The van der Waals surface area contributed by atoms with Gasteiger partial charge >= 0.3 is 5.97 Å². The number of benzene rings is 2. The summed E-state index contributed by atoms with van der Waals surface area (Å²) in [4.78, 5) is 26.8. The van der Waals surface area contributed by atoms with E-state index < -0.39 is 0 Å². The Morgan fingerprint density at radius 1 is 1.07 bits per heavy atom. The fraction of sp³-hybridized carbons (Fsp3) is 0.318. The number of carbonyl (C=O) groups excluding carboxylic acids is 1. The van der Waals surface area contributed by atoms with Crippen molar-refractivity contribution in [2.24, 2.45) is 0 Å². The van der Waals surface area contributed by atoms with Crippen LogP contribution < -0.4 is 5.56 Å². The summed E-state index contributed by atoms with van der Waals surface area (Å²) in [6, 6.07) is 15.5. The van der Waals surface area contributed by atoms with Crippen LogP contribution in [0.25, 0.3) is 10.8 Å². The van der Waals surface area contributed by atoms with E-state index in [-0.39, 0.29) is 24.7 Å². The van der Waals surface area contributed by atoms with Gasteiger partial charge in [-0.25, -0.2) is 4.68 Å². The van der Waals surface area contributed by atoms with Gasteiger partial charge < -0.3 is 4.74 Å². The van der Waals surface area contributed by atoms with Crippen molar-refractivity contribution in [2.45, 2.75) is 34.0 Å². The summed E-state index contributed by atoms with van der Waals surface area (Å²) in [6.07, 6.45) is 0. The van der Waals surface area contributed by atoms with E-state index in [2.05, 4.69) is 5.10 Å². The average molecular weight is 379 g/mol. The summed E-state index contributed by atoms with van der Waals surface area (Å²) in [7, 11) is 0. The second-order valence-electron chi connectivity index (χ2n) is 6.85. The van der Waals surface area contributed by atoms with Crippen LogP contribution in [0.4, 0.5) is 0 Å². The van der Waals surface area contributed by atoms with Crippen molar-refractivity contribution < 1.29 is 9.53 Å². The van der Waals surface area contributed by atoms with Crippen LogP contribution in [0, 0.1) is 13.8 Å². The predicted octanol–water partition coefficient (Wildman–Crippen LogP) is 3.04. The molecule has 28 heavy (non-hydrogen) atoms. The maximum Gasteiger partial charge on any atom is 0.320 e. The number of carbonyl (C=O) groups is 1. The van der Waals surface area contributed by atoms with E-state index in [4.69, 9.17) is 4.74 Å². The first kappa shape index (κ1) is 19.8. The van der Waals surface area contributed by atoms with Crippen molar-refractivity contribution in [3.05, 3.63) is 75.7 Å². The molecule has 0 fully saturated rings. The molecule has 3 aromatic rings. The zero-order chi connectivity index (χ0) is 20.1. The first-order valence-electron chi connectivity index (χ1n) is 9.38. The topological polar surface area (TPSA) is 64.4 Å². The van der Waals surface area contributed by atoms with Gasteiger partial charge in [0.2, 0.25) is 0 Å². The molecule has 3 rings (SSSR count). The normalized spacial score (nSPS) is 11.1. The molecule has 0 N–H and O–H groups in total. The zero-order valence-electron chi connectivity index (χ0n) is 16.5. The van der Waals surface area contributed by atoms with Gasteiger partial charge in [0.15, 0.2) is 0 Å². The second-order valence-corrected chi connectivity index (χ2v) is 6.85. The molecule has 0 saturated carbocycles. The number of fused-ring (bicyclic) bond motifs is 1. The Bertz CT molecular complexity index is 1030. The molecule has 1 aromatic heterocycles. The molecule has 0 saturated heterocycles. The number of nitrogens with zero attached hydrogens (tertiary/aromatic N) is 3. The van der Waals surface area contributed by atoms with E-state index in [9.17, 15) is 9.59 Å². The Balaban J connectivity index is 1.91. The minimum Gasteiger partial charge on any atom is -0.465 e. The number of aryl methyl sites for hydroxylation is 2. The highest BCUT2D eigenvalue weighted by atomic mass is 16.5. The molecule has 6 nitrogen and oxygen atoms in total. The fourth-order valence-electron chi connectivity index (χ4n) is 3.19. The molecule has 146 valence electrons. The highest BCUT2D eigenvalue weighted by molar-refractivity contribution is 5.83. The van der Waals surface area contributed by atoms with Gasteiger partial charge in [-0.2, -0.15) is 5.10 Å². The Morgan fingerprint density at radius 3 is 2.43 bits per heavy atom. The lowest BCUT2D eigenvalue weighted by Crippen LogP contribution is -2.37. The van der Waals surface area contributed by atoms with Crippen molar-refractivity contribution in [1.29, 1.82) is 0 Å². The van der Waals surface area contributed by atoms with E-state index in [1.54, 1.807) is 13.0 Å². The number of rotatable bonds is 7. The Kier molecular flexibility index (Phi) is 6.21. The molecule has 0 amide bonds. The molecule has 0 aliphatic rings. The van der Waals surface area contributed by atoms with Gasteiger partial charge in [-0.15, -0.1) is 0 Å². The molecule has 0 aliphatic heterocycles. The second kappa shape index (κ2) is 8.80. The van der Waals surface area contributed by atoms with Gasteiger partial charge in [0.25, 0.3) is 5.56 Å². The summed E-state index contributed by atoms with van der Waals surface area (Å²) in [6.45, 7) is 6.82. The molecule has 0 radical (unpaired) electrons.